The maximum Gasteiger partial charge on any atom is 0.284 e. The van der Waals surface area contributed by atoms with Gasteiger partial charge in [0.05, 0.1) is 24.2 Å². The maximum atomic E-state index is 11.2. The third kappa shape index (κ3) is 3.88. The summed E-state index contributed by atoms with van der Waals surface area (Å²) in [5, 5.41) is 0. The highest BCUT2D eigenvalue weighted by molar-refractivity contribution is 7.51. The van der Waals surface area contributed by atoms with Crippen LogP contribution in [0.2, 0.25) is 0 Å². The van der Waals surface area contributed by atoms with Gasteiger partial charge in [-0.05, 0) is 31.8 Å². The number of hydrogen-bond acceptors (Lipinski definition) is 4. The van der Waals surface area contributed by atoms with Crippen molar-refractivity contribution in [2.75, 3.05) is 13.2 Å². The van der Waals surface area contributed by atoms with E-state index in [2.05, 4.69) is 9.97 Å². The van der Waals surface area contributed by atoms with Crippen LogP contribution in [0.25, 0.3) is 17.1 Å². The first-order valence-electron chi connectivity index (χ1n) is 6.67. The molecular formula is C14H18N3O3P. The number of carbonyl (C=O) groups excluding carboxylic acids is 1. The Bertz CT molecular complexity index is 648. The number of nitrogens with zero attached hydrogens (tertiary/aromatic N) is 1. The van der Waals surface area contributed by atoms with Crippen molar-refractivity contribution in [2.45, 2.75) is 13.8 Å². The van der Waals surface area contributed by atoms with E-state index in [0.29, 0.717) is 18.7 Å². The van der Waals surface area contributed by atoms with Crippen molar-refractivity contribution >= 4 is 31.4 Å². The number of carbonyl (C=O) groups is 1. The fraction of sp³-hybridized carbons (Fsp3) is 0.286. The van der Waals surface area contributed by atoms with E-state index in [1.165, 1.54) is 0 Å². The summed E-state index contributed by atoms with van der Waals surface area (Å²) in [4.78, 5) is 18.3. The molecule has 0 saturated heterocycles. The third-order valence-corrected chi connectivity index (χ3v) is 4.08. The second kappa shape index (κ2) is 7.31. The van der Waals surface area contributed by atoms with E-state index in [1.807, 2.05) is 43.9 Å². The molecule has 2 rings (SSSR count). The highest BCUT2D eigenvalue weighted by atomic mass is 31.2. The predicted octanol–water partition coefficient (Wildman–Crippen LogP) is 3.02. The van der Waals surface area contributed by atoms with Crippen LogP contribution in [0, 0.1) is 0 Å². The Kier molecular flexibility index (Phi) is 5.44. The lowest BCUT2D eigenvalue weighted by Gasteiger charge is -2.10. The maximum absolute atomic E-state index is 11.2. The number of amides is 1. The zero-order valence-electron chi connectivity index (χ0n) is 12.0. The van der Waals surface area contributed by atoms with Crippen molar-refractivity contribution in [1.82, 2.24) is 9.97 Å². The highest BCUT2D eigenvalue weighted by Gasteiger charge is 2.10. The normalized spacial score (nSPS) is 11.8. The first-order chi connectivity index (χ1) is 10.2. The molecule has 6 nitrogen and oxygen atoms in total. The molecule has 0 bridgehead atoms. The molecule has 1 aromatic heterocycles. The smallest absolute Gasteiger partial charge is 0.284 e. The van der Waals surface area contributed by atoms with Crippen LogP contribution in [0.3, 0.4) is 0 Å². The summed E-state index contributed by atoms with van der Waals surface area (Å²) in [6.45, 7) is 5.04. The fourth-order valence-electron chi connectivity index (χ4n) is 1.82. The quantitative estimate of drug-likeness (QED) is 0.769. The van der Waals surface area contributed by atoms with Crippen LogP contribution in [0.5, 0.6) is 0 Å². The van der Waals surface area contributed by atoms with Gasteiger partial charge in [-0.2, -0.15) is 0 Å². The van der Waals surface area contributed by atoms with E-state index >= 15 is 0 Å². The topological polar surface area (TPSA) is 90.2 Å². The molecule has 0 radical (unpaired) electrons. The van der Waals surface area contributed by atoms with Gasteiger partial charge in [-0.1, -0.05) is 12.1 Å². The number of primary amides is 1. The van der Waals surface area contributed by atoms with Gasteiger partial charge in [-0.15, -0.1) is 0 Å². The van der Waals surface area contributed by atoms with Crippen LogP contribution in [0.4, 0.5) is 0 Å². The molecule has 0 atom stereocenters. The van der Waals surface area contributed by atoms with Crippen LogP contribution in [0.1, 0.15) is 30.0 Å². The molecule has 0 aliphatic rings. The third-order valence-electron chi connectivity index (χ3n) is 2.67. The number of rotatable bonds is 7. The zero-order valence-corrected chi connectivity index (χ0v) is 12.9. The molecule has 0 spiro atoms. The molecule has 0 aliphatic carbocycles. The van der Waals surface area contributed by atoms with Crippen LogP contribution < -0.4 is 5.73 Å². The zero-order chi connectivity index (χ0) is 15.2. The van der Waals surface area contributed by atoms with Crippen molar-refractivity contribution in [3.05, 3.63) is 35.4 Å². The first-order valence-corrected chi connectivity index (χ1v) is 7.92. The molecule has 1 amide bonds. The van der Waals surface area contributed by atoms with Crippen molar-refractivity contribution in [2.24, 2.45) is 5.73 Å². The van der Waals surface area contributed by atoms with Crippen molar-refractivity contribution in [3.8, 4) is 0 Å². The second-order valence-electron chi connectivity index (χ2n) is 4.13. The fourth-order valence-corrected chi connectivity index (χ4v) is 2.86. The summed E-state index contributed by atoms with van der Waals surface area (Å²) in [5.41, 5.74) is 7.59. The van der Waals surface area contributed by atoms with Gasteiger partial charge in [-0.3, -0.25) is 4.79 Å². The summed E-state index contributed by atoms with van der Waals surface area (Å²) in [6.07, 6.45) is 1.89. The van der Waals surface area contributed by atoms with Gasteiger partial charge in [-0.25, -0.2) is 4.98 Å². The van der Waals surface area contributed by atoms with Crippen molar-refractivity contribution in [1.29, 1.82) is 0 Å². The number of H-pyrrole nitrogens is 1. The minimum Gasteiger partial charge on any atom is -0.363 e. The van der Waals surface area contributed by atoms with Crippen LogP contribution in [0.15, 0.2) is 24.0 Å². The van der Waals surface area contributed by atoms with Gasteiger partial charge in [0.1, 0.15) is 0 Å². The van der Waals surface area contributed by atoms with E-state index < -0.39 is 14.3 Å². The highest BCUT2D eigenvalue weighted by Crippen LogP contribution is 2.40. The summed E-state index contributed by atoms with van der Waals surface area (Å²) in [7, 11) is -1.06. The molecule has 0 unspecified atom stereocenters. The Morgan fingerprint density at radius 1 is 1.38 bits per heavy atom. The molecule has 0 saturated carbocycles. The number of imidazole rings is 1. The predicted molar refractivity (Wildman–Crippen MR) is 83.8 cm³/mol. The van der Waals surface area contributed by atoms with Gasteiger partial charge in [0.2, 0.25) is 0 Å². The monoisotopic (exact) mass is 307 g/mol. The average molecular weight is 307 g/mol. The van der Waals surface area contributed by atoms with Crippen LogP contribution in [-0.4, -0.2) is 29.1 Å². The van der Waals surface area contributed by atoms with E-state index in [4.69, 9.17) is 14.8 Å². The summed E-state index contributed by atoms with van der Waals surface area (Å²) in [6, 6.07) is 5.64. The minimum absolute atomic E-state index is 0.155. The van der Waals surface area contributed by atoms with Gasteiger partial charge in [0.15, 0.2) is 14.2 Å². The molecule has 21 heavy (non-hydrogen) atoms. The summed E-state index contributed by atoms with van der Waals surface area (Å²) < 4.78 is 11.0. The van der Waals surface area contributed by atoms with Crippen molar-refractivity contribution in [3.63, 3.8) is 0 Å². The molecule has 1 aromatic carbocycles. The van der Waals surface area contributed by atoms with E-state index in [9.17, 15) is 4.79 Å². The number of nitrogens with two attached hydrogens (primary N) is 1. The SMILES string of the molecule is CCOP(C=Cc1cccc2[nH]c(C(N)=O)nc12)OCC. The molecular weight excluding hydrogens is 289 g/mol. The summed E-state index contributed by atoms with van der Waals surface area (Å²) in [5.74, 6) is 1.46. The molecule has 2 aromatic rings. The standard InChI is InChI=1S/C14H18N3O3P/c1-3-19-21(20-4-2)9-8-10-6-5-7-11-12(10)17-14(16-11)13(15)18/h5-9H,3-4H2,1-2H3,(H2,15,18)(H,16,17). The van der Waals surface area contributed by atoms with Gasteiger partial charge < -0.3 is 19.8 Å². The molecule has 0 fully saturated rings. The second-order valence-corrected chi connectivity index (χ2v) is 5.51. The van der Waals surface area contributed by atoms with Gasteiger partial charge in [0, 0.05) is 5.56 Å². The lowest BCUT2D eigenvalue weighted by Crippen LogP contribution is -2.12. The molecule has 112 valence electrons. The number of para-hydroxylation sites is 1. The largest absolute Gasteiger partial charge is 0.363 e. The van der Waals surface area contributed by atoms with Crippen LogP contribution >= 0.6 is 8.38 Å². The number of aromatic nitrogens is 2. The molecule has 1 heterocycles. The summed E-state index contributed by atoms with van der Waals surface area (Å²) >= 11 is 0. The first kappa shape index (κ1) is 15.6. The lowest BCUT2D eigenvalue weighted by atomic mass is 10.2. The number of aromatic amines is 1. The molecule has 0 aliphatic heterocycles. The Balaban J connectivity index is 2.30. The van der Waals surface area contributed by atoms with E-state index in [-0.39, 0.29) is 5.82 Å². The average Bonchev–Trinajstić information content (AvgIpc) is 2.90. The van der Waals surface area contributed by atoms with Crippen molar-refractivity contribution < 1.29 is 13.8 Å². The number of fused-ring (bicyclic) bond motifs is 1. The lowest BCUT2D eigenvalue weighted by molar-refractivity contribution is 0.0991. The van der Waals surface area contributed by atoms with E-state index in [1.54, 1.807) is 0 Å². The van der Waals surface area contributed by atoms with Gasteiger partial charge in [0.25, 0.3) is 5.91 Å². The molecule has 7 heteroatoms. The Labute approximate surface area is 124 Å². The van der Waals surface area contributed by atoms with E-state index in [0.717, 1.165) is 11.1 Å². The minimum atomic E-state index is -1.06. The van der Waals surface area contributed by atoms with Crippen LogP contribution in [-0.2, 0) is 9.05 Å². The Morgan fingerprint density at radius 3 is 2.71 bits per heavy atom. The Hall–Kier alpha value is -1.75. The Morgan fingerprint density at radius 2 is 2.10 bits per heavy atom. The number of nitrogens with one attached hydrogen (secondary N) is 1. The molecule has 3 N–H and O–H groups in total. The number of benzene rings is 1. The number of hydrogen-bond donors (Lipinski definition) is 2. The van der Waals surface area contributed by atoms with Gasteiger partial charge >= 0.3 is 0 Å².